The van der Waals surface area contributed by atoms with E-state index in [2.05, 4.69) is 0 Å². The zero-order valence-corrected chi connectivity index (χ0v) is 9.62. The molecule has 1 aromatic carbocycles. The summed E-state index contributed by atoms with van der Waals surface area (Å²) in [6.45, 7) is -1.02. The Kier molecular flexibility index (Phi) is 4.33. The SMILES string of the molecule is O=C(O)[C@@H](CO)NS(=O)(=O)c1cc(F)ccc1F. The van der Waals surface area contributed by atoms with Crippen LogP contribution in [0, 0.1) is 11.6 Å². The zero-order valence-electron chi connectivity index (χ0n) is 8.80. The second-order valence-corrected chi connectivity index (χ2v) is 4.95. The maximum Gasteiger partial charge on any atom is 0.324 e. The van der Waals surface area contributed by atoms with Gasteiger partial charge in [0.05, 0.1) is 6.61 Å². The van der Waals surface area contributed by atoms with Crippen LogP contribution in [0.15, 0.2) is 23.1 Å². The quantitative estimate of drug-likeness (QED) is 0.686. The average Bonchev–Trinajstić information content (AvgIpc) is 2.28. The van der Waals surface area contributed by atoms with Crippen LogP contribution in [-0.2, 0) is 14.8 Å². The Morgan fingerprint density at radius 3 is 2.50 bits per heavy atom. The number of aliphatic hydroxyl groups is 1. The lowest BCUT2D eigenvalue weighted by Crippen LogP contribution is -2.43. The van der Waals surface area contributed by atoms with Crippen LogP contribution in [0.25, 0.3) is 0 Å². The highest BCUT2D eigenvalue weighted by molar-refractivity contribution is 7.89. The number of carbonyl (C=O) groups is 1. The average molecular weight is 281 g/mol. The molecule has 0 aliphatic rings. The van der Waals surface area contributed by atoms with Crippen molar-refractivity contribution in [3.05, 3.63) is 29.8 Å². The van der Waals surface area contributed by atoms with Crippen LogP contribution in [-0.4, -0.2) is 37.2 Å². The number of nitrogens with one attached hydrogen (secondary N) is 1. The van der Waals surface area contributed by atoms with Gasteiger partial charge in [-0.15, -0.1) is 0 Å². The van der Waals surface area contributed by atoms with Crippen molar-refractivity contribution in [2.45, 2.75) is 10.9 Å². The van der Waals surface area contributed by atoms with Gasteiger partial charge < -0.3 is 10.2 Å². The molecule has 0 aromatic heterocycles. The first-order valence-electron chi connectivity index (χ1n) is 4.59. The monoisotopic (exact) mass is 281 g/mol. The highest BCUT2D eigenvalue weighted by Crippen LogP contribution is 2.15. The minimum absolute atomic E-state index is 0.411. The van der Waals surface area contributed by atoms with Gasteiger partial charge >= 0.3 is 5.97 Å². The Balaban J connectivity index is 3.14. The number of rotatable bonds is 5. The maximum absolute atomic E-state index is 13.2. The van der Waals surface area contributed by atoms with Gasteiger partial charge in [-0.1, -0.05) is 0 Å². The number of carboxylic acids is 1. The third-order valence-electron chi connectivity index (χ3n) is 1.96. The molecular weight excluding hydrogens is 272 g/mol. The van der Waals surface area contributed by atoms with E-state index in [1.807, 2.05) is 0 Å². The van der Waals surface area contributed by atoms with Crippen molar-refractivity contribution < 1.29 is 32.2 Å². The van der Waals surface area contributed by atoms with E-state index in [0.717, 1.165) is 6.07 Å². The van der Waals surface area contributed by atoms with Gasteiger partial charge in [0, 0.05) is 0 Å². The fourth-order valence-corrected chi connectivity index (χ4v) is 2.37. The second-order valence-electron chi connectivity index (χ2n) is 3.27. The number of aliphatic carboxylic acids is 1. The van der Waals surface area contributed by atoms with Gasteiger partial charge in [-0.3, -0.25) is 4.79 Å². The number of halogens is 2. The second kappa shape index (κ2) is 5.38. The highest BCUT2D eigenvalue weighted by Gasteiger charge is 2.27. The fourth-order valence-electron chi connectivity index (χ4n) is 1.10. The number of sulfonamides is 1. The number of hydrogen-bond donors (Lipinski definition) is 3. The van der Waals surface area contributed by atoms with Crippen molar-refractivity contribution >= 4 is 16.0 Å². The molecule has 0 radical (unpaired) electrons. The van der Waals surface area contributed by atoms with Gasteiger partial charge in [0.15, 0.2) is 0 Å². The fraction of sp³-hybridized carbons (Fsp3) is 0.222. The Morgan fingerprint density at radius 1 is 1.39 bits per heavy atom. The molecule has 0 spiro atoms. The van der Waals surface area contributed by atoms with Crippen LogP contribution in [0.2, 0.25) is 0 Å². The maximum atomic E-state index is 13.2. The molecule has 1 rings (SSSR count). The summed E-state index contributed by atoms with van der Waals surface area (Å²) in [4.78, 5) is 9.51. The Morgan fingerprint density at radius 2 is 2.00 bits per heavy atom. The van der Waals surface area contributed by atoms with Crippen molar-refractivity contribution in [1.82, 2.24) is 4.72 Å². The third kappa shape index (κ3) is 3.22. The van der Waals surface area contributed by atoms with Crippen molar-refractivity contribution in [1.29, 1.82) is 0 Å². The van der Waals surface area contributed by atoms with Crippen LogP contribution in [0.4, 0.5) is 8.78 Å². The summed E-state index contributed by atoms with van der Waals surface area (Å²) in [5, 5.41) is 17.2. The summed E-state index contributed by atoms with van der Waals surface area (Å²) in [6, 6.07) is -0.112. The molecule has 18 heavy (non-hydrogen) atoms. The van der Waals surface area contributed by atoms with Crippen molar-refractivity contribution in [2.24, 2.45) is 0 Å². The number of carboxylic acid groups (broad SMARTS) is 1. The lowest BCUT2D eigenvalue weighted by molar-refractivity contribution is -0.139. The number of hydrogen-bond acceptors (Lipinski definition) is 4. The molecule has 0 unspecified atom stereocenters. The molecule has 0 fully saturated rings. The molecule has 0 bridgehead atoms. The molecule has 0 amide bonds. The molecule has 100 valence electrons. The Hall–Kier alpha value is -1.58. The van der Waals surface area contributed by atoms with E-state index in [1.165, 1.54) is 0 Å². The first-order valence-corrected chi connectivity index (χ1v) is 6.07. The molecular formula is C9H9F2NO5S. The molecule has 0 aliphatic carbocycles. The van der Waals surface area contributed by atoms with Gasteiger partial charge in [0.25, 0.3) is 0 Å². The van der Waals surface area contributed by atoms with E-state index in [-0.39, 0.29) is 0 Å². The van der Waals surface area contributed by atoms with Crippen LogP contribution in [0.5, 0.6) is 0 Å². The van der Waals surface area contributed by atoms with Crippen LogP contribution < -0.4 is 4.72 Å². The van der Waals surface area contributed by atoms with Gasteiger partial charge in [-0.25, -0.2) is 17.2 Å². The summed E-state index contributed by atoms with van der Waals surface area (Å²) in [6.07, 6.45) is 0. The van der Waals surface area contributed by atoms with Crippen LogP contribution in [0.3, 0.4) is 0 Å². The summed E-state index contributed by atoms with van der Waals surface area (Å²) in [5.41, 5.74) is 0. The molecule has 0 heterocycles. The first kappa shape index (κ1) is 14.5. The summed E-state index contributed by atoms with van der Waals surface area (Å²) < 4.78 is 50.8. The lowest BCUT2D eigenvalue weighted by Gasteiger charge is -2.12. The Labute approximate surface area is 101 Å². The standard InChI is InChI=1S/C9H9F2NO5S/c10-5-1-2-6(11)8(3-5)18(16,17)12-7(4-13)9(14)15/h1-3,7,12-13H,4H2,(H,14,15)/t7-/m1/s1. The number of aliphatic hydroxyl groups excluding tert-OH is 1. The molecule has 1 atom stereocenters. The molecule has 0 saturated carbocycles. The number of benzene rings is 1. The van der Waals surface area contributed by atoms with Crippen molar-refractivity contribution in [3.63, 3.8) is 0 Å². The normalized spacial score (nSPS) is 13.3. The highest BCUT2D eigenvalue weighted by atomic mass is 32.2. The Bertz CT molecular complexity index is 560. The first-order chi connectivity index (χ1) is 8.27. The minimum atomic E-state index is -4.58. The summed E-state index contributed by atoms with van der Waals surface area (Å²) in [5.74, 6) is -3.86. The third-order valence-corrected chi connectivity index (χ3v) is 3.45. The van der Waals surface area contributed by atoms with E-state index in [0.29, 0.717) is 12.1 Å². The van der Waals surface area contributed by atoms with E-state index < -0.39 is 45.2 Å². The predicted octanol–water partition coefficient (Wildman–Crippen LogP) is -0.311. The largest absolute Gasteiger partial charge is 0.480 e. The van der Waals surface area contributed by atoms with E-state index in [9.17, 15) is 22.0 Å². The van der Waals surface area contributed by atoms with Crippen molar-refractivity contribution in [2.75, 3.05) is 6.61 Å². The zero-order chi connectivity index (χ0) is 13.9. The summed E-state index contributed by atoms with van der Waals surface area (Å²) >= 11 is 0. The van der Waals surface area contributed by atoms with Crippen LogP contribution in [0.1, 0.15) is 0 Å². The van der Waals surface area contributed by atoms with Crippen molar-refractivity contribution in [3.8, 4) is 0 Å². The molecule has 0 saturated heterocycles. The minimum Gasteiger partial charge on any atom is -0.480 e. The molecule has 6 nitrogen and oxygen atoms in total. The van der Waals surface area contributed by atoms with Gasteiger partial charge in [-0.05, 0) is 18.2 Å². The van der Waals surface area contributed by atoms with E-state index in [4.69, 9.17) is 10.2 Å². The topological polar surface area (TPSA) is 104 Å². The van der Waals surface area contributed by atoms with E-state index in [1.54, 1.807) is 4.72 Å². The predicted molar refractivity (Wildman–Crippen MR) is 55.2 cm³/mol. The molecule has 3 N–H and O–H groups in total. The smallest absolute Gasteiger partial charge is 0.324 e. The lowest BCUT2D eigenvalue weighted by atomic mass is 10.3. The molecule has 0 aliphatic heterocycles. The van der Waals surface area contributed by atoms with Gasteiger partial charge in [0.2, 0.25) is 10.0 Å². The van der Waals surface area contributed by atoms with Gasteiger partial charge in [-0.2, -0.15) is 4.72 Å². The van der Waals surface area contributed by atoms with E-state index >= 15 is 0 Å². The molecule has 9 heteroatoms. The molecule has 1 aromatic rings. The van der Waals surface area contributed by atoms with Crippen LogP contribution >= 0.6 is 0 Å². The van der Waals surface area contributed by atoms with Gasteiger partial charge in [0.1, 0.15) is 22.6 Å². The summed E-state index contributed by atoms with van der Waals surface area (Å²) in [7, 11) is -4.58.